The van der Waals surface area contributed by atoms with Gasteiger partial charge in [-0.05, 0) is 26.7 Å². The molecule has 3 atom stereocenters. The highest BCUT2D eigenvalue weighted by Gasteiger charge is 2.35. The van der Waals surface area contributed by atoms with Crippen LogP contribution in [0.15, 0.2) is 0 Å². The topological polar surface area (TPSA) is 41.6 Å². The Hall–Kier alpha value is -0.610. The van der Waals surface area contributed by atoms with Crippen LogP contribution in [0, 0.1) is 0 Å². The number of hydrogen-bond acceptors (Lipinski definition) is 3. The van der Waals surface area contributed by atoms with Gasteiger partial charge in [-0.3, -0.25) is 10.1 Å². The van der Waals surface area contributed by atoms with Gasteiger partial charge < -0.3 is 9.64 Å². The molecule has 0 bridgehead atoms. The zero-order valence-corrected chi connectivity index (χ0v) is 8.82. The smallest absolute Gasteiger partial charge is 0.238 e. The molecule has 3 unspecified atom stereocenters. The maximum absolute atomic E-state index is 11.6. The van der Waals surface area contributed by atoms with E-state index in [-0.39, 0.29) is 18.2 Å². The van der Waals surface area contributed by atoms with E-state index in [0.29, 0.717) is 12.6 Å². The average Bonchev–Trinajstić information content (AvgIpc) is 2.46. The number of nitrogens with one attached hydrogen (secondary N) is 1. The van der Waals surface area contributed by atoms with Crippen LogP contribution in [0.3, 0.4) is 0 Å². The van der Waals surface area contributed by atoms with Gasteiger partial charge in [0.2, 0.25) is 5.91 Å². The van der Waals surface area contributed by atoms with Crippen molar-refractivity contribution < 1.29 is 9.53 Å². The molecule has 80 valence electrons. The van der Waals surface area contributed by atoms with Crippen molar-refractivity contribution >= 4 is 5.91 Å². The summed E-state index contributed by atoms with van der Waals surface area (Å²) in [6.07, 6.45) is 2.42. The molecule has 0 radical (unpaired) electrons. The van der Waals surface area contributed by atoms with Crippen LogP contribution < -0.4 is 5.32 Å². The zero-order valence-electron chi connectivity index (χ0n) is 8.82. The first-order chi connectivity index (χ1) is 6.68. The van der Waals surface area contributed by atoms with Gasteiger partial charge in [-0.15, -0.1) is 0 Å². The van der Waals surface area contributed by atoms with Crippen molar-refractivity contribution in [2.45, 2.75) is 45.0 Å². The Balaban J connectivity index is 2.02. The summed E-state index contributed by atoms with van der Waals surface area (Å²) >= 11 is 0. The van der Waals surface area contributed by atoms with Crippen LogP contribution in [0.1, 0.15) is 26.7 Å². The van der Waals surface area contributed by atoms with Crippen molar-refractivity contribution in [3.8, 4) is 0 Å². The van der Waals surface area contributed by atoms with E-state index in [2.05, 4.69) is 12.2 Å². The number of carbonyl (C=O) groups is 1. The maximum Gasteiger partial charge on any atom is 0.238 e. The summed E-state index contributed by atoms with van der Waals surface area (Å²) in [5.74, 6) is 0.233. The molecule has 2 saturated heterocycles. The van der Waals surface area contributed by atoms with Crippen molar-refractivity contribution in [1.82, 2.24) is 10.2 Å². The Bertz CT molecular complexity index is 232. The number of carbonyl (C=O) groups excluding carboxylic acids is 1. The third-order valence-electron chi connectivity index (χ3n) is 3.10. The molecule has 0 aromatic carbocycles. The van der Waals surface area contributed by atoms with Gasteiger partial charge in [0.25, 0.3) is 0 Å². The van der Waals surface area contributed by atoms with Gasteiger partial charge >= 0.3 is 0 Å². The normalized spacial score (nSPS) is 39.1. The average molecular weight is 198 g/mol. The van der Waals surface area contributed by atoms with Gasteiger partial charge in [0.15, 0.2) is 0 Å². The van der Waals surface area contributed by atoms with Crippen molar-refractivity contribution in [2.24, 2.45) is 0 Å². The van der Waals surface area contributed by atoms with Crippen LogP contribution in [0.2, 0.25) is 0 Å². The van der Waals surface area contributed by atoms with E-state index >= 15 is 0 Å². The van der Waals surface area contributed by atoms with Gasteiger partial charge in [0.05, 0.1) is 18.8 Å². The first-order valence-corrected chi connectivity index (χ1v) is 5.34. The molecule has 2 heterocycles. The molecular weight excluding hydrogens is 180 g/mol. The third-order valence-corrected chi connectivity index (χ3v) is 3.10. The molecule has 1 amide bonds. The highest BCUT2D eigenvalue weighted by atomic mass is 16.5. The lowest BCUT2D eigenvalue weighted by atomic mass is 10.0. The first kappa shape index (κ1) is 9.93. The molecule has 0 spiro atoms. The lowest BCUT2D eigenvalue weighted by Gasteiger charge is -2.36. The Morgan fingerprint density at radius 3 is 2.86 bits per heavy atom. The van der Waals surface area contributed by atoms with E-state index < -0.39 is 0 Å². The van der Waals surface area contributed by atoms with Crippen LogP contribution >= 0.6 is 0 Å². The van der Waals surface area contributed by atoms with Gasteiger partial charge in [0.1, 0.15) is 0 Å². The van der Waals surface area contributed by atoms with Crippen LogP contribution in [-0.4, -0.2) is 42.3 Å². The molecule has 2 rings (SSSR count). The third kappa shape index (κ3) is 1.77. The lowest BCUT2D eigenvalue weighted by molar-refractivity contribution is -0.133. The van der Waals surface area contributed by atoms with Crippen LogP contribution in [0.25, 0.3) is 0 Å². The maximum atomic E-state index is 11.6. The molecule has 2 aliphatic rings. The fourth-order valence-corrected chi connectivity index (χ4v) is 2.39. The van der Waals surface area contributed by atoms with Crippen LogP contribution in [0.4, 0.5) is 0 Å². The summed E-state index contributed by atoms with van der Waals surface area (Å²) in [6, 6.07) is 0.372. The molecule has 2 fully saturated rings. The van der Waals surface area contributed by atoms with E-state index in [1.165, 1.54) is 0 Å². The Morgan fingerprint density at radius 1 is 1.50 bits per heavy atom. The van der Waals surface area contributed by atoms with Crippen molar-refractivity contribution in [3.63, 3.8) is 0 Å². The number of hydrogen-bond donors (Lipinski definition) is 1. The van der Waals surface area contributed by atoms with E-state index in [4.69, 9.17) is 4.74 Å². The minimum atomic E-state index is 0.192. The lowest BCUT2D eigenvalue weighted by Crippen LogP contribution is -2.47. The molecule has 0 aromatic heterocycles. The van der Waals surface area contributed by atoms with Gasteiger partial charge in [-0.25, -0.2) is 0 Å². The number of amides is 1. The summed E-state index contributed by atoms with van der Waals surface area (Å²) in [5, 5.41) is 3.17. The van der Waals surface area contributed by atoms with E-state index in [1.807, 2.05) is 11.8 Å². The molecular formula is C10H18N2O2. The van der Waals surface area contributed by atoms with Crippen molar-refractivity contribution in [1.29, 1.82) is 0 Å². The second-order valence-electron chi connectivity index (χ2n) is 4.22. The molecule has 2 aliphatic heterocycles. The van der Waals surface area contributed by atoms with Crippen LogP contribution in [0.5, 0.6) is 0 Å². The standard InChI is InChI=1S/C10H18N2O2/c1-7-5-9(3-4-14-7)12-8(2)11-6-10(12)13/h7-9,11H,3-6H2,1-2H3. The highest BCUT2D eigenvalue weighted by Crippen LogP contribution is 2.22. The number of rotatable bonds is 1. The summed E-state index contributed by atoms with van der Waals surface area (Å²) in [5.41, 5.74) is 0. The van der Waals surface area contributed by atoms with Crippen molar-refractivity contribution in [2.75, 3.05) is 13.2 Å². The molecule has 0 saturated carbocycles. The summed E-state index contributed by atoms with van der Waals surface area (Å²) in [6.45, 7) is 5.39. The summed E-state index contributed by atoms with van der Waals surface area (Å²) < 4.78 is 5.48. The van der Waals surface area contributed by atoms with Gasteiger partial charge in [0, 0.05) is 12.6 Å². The first-order valence-electron chi connectivity index (χ1n) is 5.34. The van der Waals surface area contributed by atoms with Crippen LogP contribution in [-0.2, 0) is 9.53 Å². The fraction of sp³-hybridized carbons (Fsp3) is 0.900. The predicted octanol–water partition coefficient (Wildman–Crippen LogP) is 0.332. The number of nitrogens with zero attached hydrogens (tertiary/aromatic N) is 1. The summed E-state index contributed by atoms with van der Waals surface area (Å²) in [7, 11) is 0. The Kier molecular flexibility index (Phi) is 2.74. The second-order valence-corrected chi connectivity index (χ2v) is 4.22. The molecule has 1 N–H and O–H groups in total. The monoisotopic (exact) mass is 198 g/mol. The molecule has 14 heavy (non-hydrogen) atoms. The predicted molar refractivity (Wildman–Crippen MR) is 52.7 cm³/mol. The SMILES string of the molecule is CC1CC(N2C(=O)CNC2C)CCO1. The largest absolute Gasteiger partial charge is 0.378 e. The molecule has 4 heteroatoms. The number of ether oxygens (including phenoxy) is 1. The van der Waals surface area contributed by atoms with Crippen molar-refractivity contribution in [3.05, 3.63) is 0 Å². The molecule has 0 aromatic rings. The van der Waals surface area contributed by atoms with Gasteiger partial charge in [-0.2, -0.15) is 0 Å². The quantitative estimate of drug-likeness (QED) is 0.660. The fourth-order valence-electron chi connectivity index (χ4n) is 2.39. The Labute approximate surface area is 84.6 Å². The second kappa shape index (κ2) is 3.87. The van der Waals surface area contributed by atoms with E-state index in [0.717, 1.165) is 19.4 Å². The van der Waals surface area contributed by atoms with Gasteiger partial charge in [-0.1, -0.05) is 0 Å². The van der Waals surface area contributed by atoms with E-state index in [1.54, 1.807) is 0 Å². The highest BCUT2D eigenvalue weighted by molar-refractivity contribution is 5.80. The minimum absolute atomic E-state index is 0.192. The molecule has 4 nitrogen and oxygen atoms in total. The Morgan fingerprint density at radius 2 is 2.29 bits per heavy atom. The zero-order chi connectivity index (χ0) is 10.1. The summed E-state index contributed by atoms with van der Waals surface area (Å²) in [4.78, 5) is 13.6. The molecule has 0 aliphatic carbocycles. The minimum Gasteiger partial charge on any atom is -0.378 e. The van der Waals surface area contributed by atoms with E-state index in [9.17, 15) is 4.79 Å².